The zero-order valence-corrected chi connectivity index (χ0v) is 19.1. The average Bonchev–Trinajstić information content (AvgIpc) is 3.59. The lowest BCUT2D eigenvalue weighted by atomic mass is 10.0. The molecule has 3 aromatic rings. The molecule has 1 amide bonds. The number of nitrogens with one attached hydrogen (secondary N) is 1. The van der Waals surface area contributed by atoms with Crippen molar-refractivity contribution in [2.24, 2.45) is 0 Å². The first-order chi connectivity index (χ1) is 15.6. The lowest BCUT2D eigenvalue weighted by molar-refractivity contribution is 0.0949. The number of amides is 1. The van der Waals surface area contributed by atoms with E-state index < -0.39 is 15.7 Å². The van der Waals surface area contributed by atoms with Gasteiger partial charge in [-0.15, -0.1) is 0 Å². The third kappa shape index (κ3) is 4.45. The maximum absolute atomic E-state index is 12.8. The first-order valence-electron chi connectivity index (χ1n) is 10.5. The van der Waals surface area contributed by atoms with Crippen LogP contribution in [0.3, 0.4) is 0 Å². The third-order valence-electron chi connectivity index (χ3n) is 6.03. The minimum absolute atomic E-state index is 0.0493. The second-order valence-corrected chi connectivity index (χ2v) is 10.4. The molecule has 168 valence electrons. The highest BCUT2D eigenvalue weighted by atomic mass is 32.2. The smallest absolute Gasteiger partial charge is 0.257 e. The third-order valence-corrected chi connectivity index (χ3v) is 7.16. The van der Waals surface area contributed by atoms with E-state index in [1.165, 1.54) is 18.2 Å². The van der Waals surface area contributed by atoms with E-state index in [9.17, 15) is 18.0 Å². The number of pyridine rings is 1. The number of sulfone groups is 1. The second-order valence-electron chi connectivity index (χ2n) is 8.38. The highest BCUT2D eigenvalue weighted by Gasteiger charge is 2.46. The summed E-state index contributed by atoms with van der Waals surface area (Å²) in [7, 11) is -3.29. The Morgan fingerprint density at radius 3 is 2.30 bits per heavy atom. The van der Waals surface area contributed by atoms with E-state index in [1.54, 1.807) is 30.5 Å². The van der Waals surface area contributed by atoms with Crippen LogP contribution in [0.15, 0.2) is 70.5 Å². The standard InChI is InChI=1S/C25H23N3O4S/c1-17-13-23(29)22(24(30)27-15-19-5-9-21(10-6-19)33(2,31)32)16-28(17)25(11-12-25)20-7-3-18(14-26)4-8-20/h3-10,13,16H,11-12,15H2,1-2H3,(H,27,30). The number of nitriles is 1. The van der Waals surface area contributed by atoms with Gasteiger partial charge in [-0.1, -0.05) is 24.3 Å². The summed E-state index contributed by atoms with van der Waals surface area (Å²) in [6.07, 6.45) is 4.49. The molecule has 0 saturated heterocycles. The van der Waals surface area contributed by atoms with Gasteiger partial charge in [-0.25, -0.2) is 8.42 Å². The number of hydrogen-bond acceptors (Lipinski definition) is 5. The number of nitrogens with zero attached hydrogens (tertiary/aromatic N) is 2. The molecule has 0 unspecified atom stereocenters. The van der Waals surface area contributed by atoms with E-state index >= 15 is 0 Å². The molecule has 4 rings (SSSR count). The molecule has 0 aliphatic heterocycles. The number of hydrogen-bond donors (Lipinski definition) is 1. The number of benzene rings is 2. The fourth-order valence-electron chi connectivity index (χ4n) is 4.04. The minimum atomic E-state index is -3.29. The molecule has 7 nitrogen and oxygen atoms in total. The lowest BCUT2D eigenvalue weighted by Gasteiger charge is -2.24. The Balaban J connectivity index is 1.57. The molecular formula is C25H23N3O4S. The normalized spacial score (nSPS) is 14.3. The van der Waals surface area contributed by atoms with Crippen molar-refractivity contribution in [2.45, 2.75) is 36.7 Å². The number of rotatable bonds is 6. The summed E-state index contributed by atoms with van der Waals surface area (Å²) >= 11 is 0. The van der Waals surface area contributed by atoms with Crippen molar-refractivity contribution >= 4 is 15.7 Å². The summed E-state index contributed by atoms with van der Waals surface area (Å²) < 4.78 is 25.2. The molecule has 1 N–H and O–H groups in total. The van der Waals surface area contributed by atoms with E-state index in [0.29, 0.717) is 5.56 Å². The van der Waals surface area contributed by atoms with E-state index in [2.05, 4.69) is 11.4 Å². The van der Waals surface area contributed by atoms with E-state index in [-0.39, 0.29) is 28.0 Å². The van der Waals surface area contributed by atoms with E-state index in [4.69, 9.17) is 5.26 Å². The van der Waals surface area contributed by atoms with Gasteiger partial charge in [0.15, 0.2) is 15.3 Å². The van der Waals surface area contributed by atoms with Crippen molar-refractivity contribution in [3.05, 3.63) is 99.0 Å². The van der Waals surface area contributed by atoms with Crippen LogP contribution in [0, 0.1) is 18.3 Å². The zero-order chi connectivity index (χ0) is 23.8. The molecule has 33 heavy (non-hydrogen) atoms. The molecule has 1 saturated carbocycles. The summed E-state index contributed by atoms with van der Waals surface area (Å²) in [4.78, 5) is 25.6. The summed E-state index contributed by atoms with van der Waals surface area (Å²) in [5.41, 5.74) is 2.45. The van der Waals surface area contributed by atoms with Crippen LogP contribution in [0.4, 0.5) is 0 Å². The van der Waals surface area contributed by atoms with Crippen molar-refractivity contribution in [1.29, 1.82) is 5.26 Å². The van der Waals surface area contributed by atoms with Crippen LogP contribution in [0.25, 0.3) is 0 Å². The van der Waals surface area contributed by atoms with Gasteiger partial charge in [-0.2, -0.15) is 5.26 Å². The fourth-order valence-corrected chi connectivity index (χ4v) is 4.67. The van der Waals surface area contributed by atoms with Crippen LogP contribution < -0.4 is 10.7 Å². The Hall–Kier alpha value is -3.70. The molecule has 1 aliphatic carbocycles. The van der Waals surface area contributed by atoms with Gasteiger partial charge in [0.05, 0.1) is 22.1 Å². The molecule has 1 fully saturated rings. The molecule has 2 aromatic carbocycles. The van der Waals surface area contributed by atoms with Gasteiger partial charge in [-0.3, -0.25) is 9.59 Å². The Bertz CT molecular complexity index is 1430. The van der Waals surface area contributed by atoms with Gasteiger partial charge < -0.3 is 9.88 Å². The van der Waals surface area contributed by atoms with Crippen molar-refractivity contribution < 1.29 is 13.2 Å². The Kier molecular flexibility index (Phi) is 5.68. The molecule has 0 bridgehead atoms. The monoisotopic (exact) mass is 461 g/mol. The highest BCUT2D eigenvalue weighted by molar-refractivity contribution is 7.90. The predicted molar refractivity (Wildman–Crippen MR) is 124 cm³/mol. The second kappa shape index (κ2) is 8.34. The molecule has 1 aromatic heterocycles. The Morgan fingerprint density at radius 2 is 1.76 bits per heavy atom. The lowest BCUT2D eigenvalue weighted by Crippen LogP contribution is -2.31. The molecule has 0 atom stereocenters. The Morgan fingerprint density at radius 1 is 1.12 bits per heavy atom. The quantitative estimate of drug-likeness (QED) is 0.607. The van der Waals surface area contributed by atoms with Crippen LogP contribution in [-0.4, -0.2) is 25.1 Å². The maximum Gasteiger partial charge on any atom is 0.257 e. The fraction of sp³-hybridized carbons (Fsp3) is 0.240. The van der Waals surface area contributed by atoms with Crippen LogP contribution in [-0.2, 0) is 21.9 Å². The summed E-state index contributed by atoms with van der Waals surface area (Å²) in [5, 5.41) is 11.8. The first kappa shape index (κ1) is 22.5. The summed E-state index contributed by atoms with van der Waals surface area (Å²) in [5.74, 6) is -0.489. The van der Waals surface area contributed by atoms with Gasteiger partial charge in [0, 0.05) is 30.8 Å². The van der Waals surface area contributed by atoms with Crippen LogP contribution >= 0.6 is 0 Å². The van der Waals surface area contributed by atoms with Gasteiger partial charge >= 0.3 is 0 Å². The van der Waals surface area contributed by atoms with Crippen molar-refractivity contribution in [3.63, 3.8) is 0 Å². The number of carbonyl (C=O) groups excluding carboxylic acids is 1. The average molecular weight is 462 g/mol. The number of aromatic nitrogens is 1. The van der Waals surface area contributed by atoms with Gasteiger partial charge in [0.1, 0.15) is 5.56 Å². The van der Waals surface area contributed by atoms with Gasteiger partial charge in [-0.05, 0) is 55.2 Å². The molecule has 8 heteroatoms. The zero-order valence-electron chi connectivity index (χ0n) is 18.3. The predicted octanol–water partition coefficient (Wildman–Crippen LogP) is 2.90. The molecule has 0 radical (unpaired) electrons. The van der Waals surface area contributed by atoms with Crippen LogP contribution in [0.1, 0.15) is 45.6 Å². The van der Waals surface area contributed by atoms with Gasteiger partial charge in [0.2, 0.25) is 0 Å². The largest absolute Gasteiger partial charge is 0.348 e. The molecule has 1 aliphatic rings. The van der Waals surface area contributed by atoms with Crippen LogP contribution in [0.5, 0.6) is 0 Å². The molecule has 0 spiro atoms. The minimum Gasteiger partial charge on any atom is -0.348 e. The van der Waals surface area contributed by atoms with Crippen molar-refractivity contribution in [1.82, 2.24) is 9.88 Å². The number of carbonyl (C=O) groups is 1. The summed E-state index contributed by atoms with van der Waals surface area (Å²) in [6, 6.07) is 17.2. The highest BCUT2D eigenvalue weighted by Crippen LogP contribution is 2.49. The SMILES string of the molecule is Cc1cc(=O)c(C(=O)NCc2ccc(S(C)(=O)=O)cc2)cn1C1(c2ccc(C#N)cc2)CC1. The van der Waals surface area contributed by atoms with E-state index in [0.717, 1.165) is 35.9 Å². The Labute approximate surface area is 192 Å². The topological polar surface area (TPSA) is 109 Å². The first-order valence-corrected chi connectivity index (χ1v) is 12.3. The number of aryl methyl sites for hydroxylation is 1. The summed E-state index contributed by atoms with van der Waals surface area (Å²) in [6.45, 7) is 2.01. The van der Waals surface area contributed by atoms with Crippen molar-refractivity contribution in [3.8, 4) is 6.07 Å². The molecule has 1 heterocycles. The molecular weight excluding hydrogens is 438 g/mol. The van der Waals surface area contributed by atoms with Gasteiger partial charge in [0.25, 0.3) is 5.91 Å². The maximum atomic E-state index is 12.8. The van der Waals surface area contributed by atoms with Crippen LogP contribution in [0.2, 0.25) is 0 Å². The van der Waals surface area contributed by atoms with E-state index in [1.807, 2.05) is 23.6 Å². The van der Waals surface area contributed by atoms with Crippen molar-refractivity contribution in [2.75, 3.05) is 6.26 Å².